The van der Waals surface area contributed by atoms with Gasteiger partial charge in [-0.15, -0.1) is 0 Å². The van der Waals surface area contributed by atoms with Crippen molar-refractivity contribution >= 4 is 11.7 Å². The van der Waals surface area contributed by atoms with Crippen LogP contribution >= 0.6 is 0 Å². The highest BCUT2D eigenvalue weighted by molar-refractivity contribution is 6.00. The standard InChI is InChI=1S/C21H26N4O/c1-3-10-24-11-9-17(14-24)20-22-15(2)18-12-19(26)25(21(18)23-20)13-16-7-5-4-6-8-16/h4-8,17H,3,9-14H2,1-2H3/t17-/m1/s1. The molecule has 0 bridgehead atoms. The molecule has 136 valence electrons. The Kier molecular flexibility index (Phi) is 4.72. The normalized spacial score (nSPS) is 20.0. The van der Waals surface area contributed by atoms with Crippen LogP contribution in [0.15, 0.2) is 30.3 Å². The van der Waals surface area contributed by atoms with Crippen molar-refractivity contribution < 1.29 is 4.79 Å². The number of anilines is 1. The van der Waals surface area contributed by atoms with Crippen molar-refractivity contribution in [1.82, 2.24) is 14.9 Å². The Bertz CT molecular complexity index is 805. The van der Waals surface area contributed by atoms with E-state index >= 15 is 0 Å². The van der Waals surface area contributed by atoms with E-state index in [9.17, 15) is 4.79 Å². The number of benzene rings is 1. The van der Waals surface area contributed by atoms with E-state index in [4.69, 9.17) is 9.97 Å². The number of aromatic nitrogens is 2. The van der Waals surface area contributed by atoms with Gasteiger partial charge in [-0.3, -0.25) is 9.69 Å². The van der Waals surface area contributed by atoms with Gasteiger partial charge in [-0.2, -0.15) is 0 Å². The summed E-state index contributed by atoms with van der Waals surface area (Å²) in [5.74, 6) is 2.24. The number of fused-ring (bicyclic) bond motifs is 1. The molecule has 2 aliphatic rings. The van der Waals surface area contributed by atoms with E-state index in [1.165, 1.54) is 6.42 Å². The van der Waals surface area contributed by atoms with Crippen molar-refractivity contribution in [3.63, 3.8) is 0 Å². The molecule has 1 saturated heterocycles. The van der Waals surface area contributed by atoms with Gasteiger partial charge in [0.2, 0.25) is 5.91 Å². The summed E-state index contributed by atoms with van der Waals surface area (Å²) in [6.45, 7) is 8.09. The molecule has 0 radical (unpaired) electrons. The van der Waals surface area contributed by atoms with Gasteiger partial charge in [-0.25, -0.2) is 9.97 Å². The molecular weight excluding hydrogens is 324 g/mol. The van der Waals surface area contributed by atoms with E-state index in [1.807, 2.05) is 30.0 Å². The molecule has 1 aromatic carbocycles. The first-order valence-electron chi connectivity index (χ1n) is 9.59. The van der Waals surface area contributed by atoms with Crippen molar-refractivity contribution in [2.45, 2.75) is 45.6 Å². The number of amides is 1. The SMILES string of the molecule is CCCN1CC[C@@H](c2nc(C)c3c(n2)N(Cc2ccccc2)C(=O)C3)C1. The first-order valence-corrected chi connectivity index (χ1v) is 9.59. The average molecular weight is 350 g/mol. The lowest BCUT2D eigenvalue weighted by molar-refractivity contribution is -0.117. The zero-order valence-corrected chi connectivity index (χ0v) is 15.6. The average Bonchev–Trinajstić information content (AvgIpc) is 3.22. The highest BCUT2D eigenvalue weighted by atomic mass is 16.2. The largest absolute Gasteiger partial charge is 0.303 e. The van der Waals surface area contributed by atoms with Crippen LogP contribution in [0.4, 0.5) is 5.82 Å². The summed E-state index contributed by atoms with van der Waals surface area (Å²) in [5.41, 5.74) is 3.09. The third kappa shape index (κ3) is 3.23. The topological polar surface area (TPSA) is 49.3 Å². The fourth-order valence-corrected chi connectivity index (χ4v) is 4.07. The lowest BCUT2D eigenvalue weighted by atomic mass is 10.1. The number of likely N-dealkylation sites (tertiary alicyclic amines) is 1. The smallest absolute Gasteiger partial charge is 0.233 e. The predicted molar refractivity (Wildman–Crippen MR) is 102 cm³/mol. The van der Waals surface area contributed by atoms with Crippen molar-refractivity contribution in [3.8, 4) is 0 Å². The molecule has 1 fully saturated rings. The highest BCUT2D eigenvalue weighted by Gasteiger charge is 2.33. The molecule has 5 heteroatoms. The van der Waals surface area contributed by atoms with Gasteiger partial charge in [0.1, 0.15) is 11.6 Å². The fourth-order valence-electron chi connectivity index (χ4n) is 4.07. The molecule has 5 nitrogen and oxygen atoms in total. The zero-order chi connectivity index (χ0) is 18.1. The molecule has 1 aromatic heterocycles. The molecule has 2 aliphatic heterocycles. The van der Waals surface area contributed by atoms with Gasteiger partial charge in [-0.1, -0.05) is 37.3 Å². The minimum Gasteiger partial charge on any atom is -0.303 e. The van der Waals surface area contributed by atoms with Gasteiger partial charge in [0.05, 0.1) is 13.0 Å². The Morgan fingerprint density at radius 1 is 1.19 bits per heavy atom. The van der Waals surface area contributed by atoms with E-state index in [0.717, 1.165) is 54.5 Å². The van der Waals surface area contributed by atoms with E-state index < -0.39 is 0 Å². The number of aryl methyl sites for hydroxylation is 1. The van der Waals surface area contributed by atoms with Gasteiger partial charge in [0, 0.05) is 23.7 Å². The number of carbonyl (C=O) groups excluding carboxylic acids is 1. The lowest BCUT2D eigenvalue weighted by Crippen LogP contribution is -2.27. The molecule has 0 N–H and O–H groups in total. The van der Waals surface area contributed by atoms with Gasteiger partial charge < -0.3 is 4.90 Å². The van der Waals surface area contributed by atoms with Crippen LogP contribution in [0.1, 0.15) is 48.3 Å². The maximum atomic E-state index is 12.6. The van der Waals surface area contributed by atoms with Crippen LogP contribution in [0, 0.1) is 6.92 Å². The molecule has 0 unspecified atom stereocenters. The molecule has 2 aromatic rings. The molecule has 26 heavy (non-hydrogen) atoms. The van der Waals surface area contributed by atoms with Crippen LogP contribution in [-0.4, -0.2) is 40.4 Å². The molecular formula is C21H26N4O. The molecule has 0 saturated carbocycles. The lowest BCUT2D eigenvalue weighted by Gasteiger charge is -2.19. The van der Waals surface area contributed by atoms with E-state index in [-0.39, 0.29) is 5.91 Å². The number of hydrogen-bond donors (Lipinski definition) is 0. The van der Waals surface area contributed by atoms with E-state index in [0.29, 0.717) is 18.9 Å². The van der Waals surface area contributed by atoms with Crippen LogP contribution in [0.3, 0.4) is 0 Å². The van der Waals surface area contributed by atoms with Crippen LogP contribution < -0.4 is 4.90 Å². The Hall–Kier alpha value is -2.27. The first kappa shape index (κ1) is 17.2. The monoisotopic (exact) mass is 350 g/mol. The number of rotatable bonds is 5. The summed E-state index contributed by atoms with van der Waals surface area (Å²) in [7, 11) is 0. The van der Waals surface area contributed by atoms with Crippen LogP contribution in [0.25, 0.3) is 0 Å². The Morgan fingerprint density at radius 2 is 2.00 bits per heavy atom. The molecule has 1 amide bonds. The second kappa shape index (κ2) is 7.16. The number of carbonyl (C=O) groups is 1. The van der Waals surface area contributed by atoms with E-state index in [2.05, 4.69) is 24.0 Å². The molecule has 0 spiro atoms. The fraction of sp³-hybridized carbons (Fsp3) is 0.476. The van der Waals surface area contributed by atoms with Gasteiger partial charge >= 0.3 is 0 Å². The predicted octanol–water partition coefficient (Wildman–Crippen LogP) is 3.07. The van der Waals surface area contributed by atoms with Crippen LogP contribution in [-0.2, 0) is 17.8 Å². The summed E-state index contributed by atoms with van der Waals surface area (Å²) in [5, 5.41) is 0. The van der Waals surface area contributed by atoms with Gasteiger partial charge in [0.25, 0.3) is 0 Å². The Morgan fingerprint density at radius 3 is 2.77 bits per heavy atom. The van der Waals surface area contributed by atoms with Crippen LogP contribution in [0.2, 0.25) is 0 Å². The first-order chi connectivity index (χ1) is 12.7. The number of hydrogen-bond acceptors (Lipinski definition) is 4. The summed E-state index contributed by atoms with van der Waals surface area (Å²) in [6.07, 6.45) is 2.70. The summed E-state index contributed by atoms with van der Waals surface area (Å²) < 4.78 is 0. The zero-order valence-electron chi connectivity index (χ0n) is 15.6. The highest BCUT2D eigenvalue weighted by Crippen LogP contribution is 2.33. The number of nitrogens with zero attached hydrogens (tertiary/aromatic N) is 4. The third-order valence-electron chi connectivity index (χ3n) is 5.45. The Balaban J connectivity index is 1.61. The summed E-state index contributed by atoms with van der Waals surface area (Å²) in [6, 6.07) is 10.1. The molecule has 1 atom stereocenters. The van der Waals surface area contributed by atoms with E-state index in [1.54, 1.807) is 0 Å². The molecule has 4 rings (SSSR count). The van der Waals surface area contributed by atoms with Crippen molar-refractivity contribution in [3.05, 3.63) is 53.0 Å². The maximum absolute atomic E-state index is 12.6. The molecule has 0 aliphatic carbocycles. The van der Waals surface area contributed by atoms with Crippen molar-refractivity contribution in [1.29, 1.82) is 0 Å². The maximum Gasteiger partial charge on any atom is 0.233 e. The Labute approximate surface area is 155 Å². The van der Waals surface area contributed by atoms with Gasteiger partial charge in [-0.05, 0) is 38.4 Å². The van der Waals surface area contributed by atoms with Crippen molar-refractivity contribution in [2.24, 2.45) is 0 Å². The summed E-state index contributed by atoms with van der Waals surface area (Å²) >= 11 is 0. The minimum atomic E-state index is 0.123. The van der Waals surface area contributed by atoms with Crippen molar-refractivity contribution in [2.75, 3.05) is 24.5 Å². The third-order valence-corrected chi connectivity index (χ3v) is 5.45. The second-order valence-corrected chi connectivity index (χ2v) is 7.40. The summed E-state index contributed by atoms with van der Waals surface area (Å²) in [4.78, 5) is 26.6. The quantitative estimate of drug-likeness (QED) is 0.831. The van der Waals surface area contributed by atoms with Gasteiger partial charge in [0.15, 0.2) is 0 Å². The minimum absolute atomic E-state index is 0.123. The molecule has 3 heterocycles. The second-order valence-electron chi connectivity index (χ2n) is 7.40. The van der Waals surface area contributed by atoms with Crippen LogP contribution in [0.5, 0.6) is 0 Å².